The molecule has 3 saturated carbocycles. The number of carbonyl (C=O) groups excluding carboxylic acids is 6. The van der Waals surface area contributed by atoms with E-state index in [2.05, 4.69) is 17.1 Å². The summed E-state index contributed by atoms with van der Waals surface area (Å²) in [6.07, 6.45) is 0.203. The first-order chi connectivity index (χ1) is 43.2. The van der Waals surface area contributed by atoms with Crippen molar-refractivity contribution in [2.45, 2.75) is 76.0 Å². The lowest BCUT2D eigenvalue weighted by Gasteiger charge is -2.16. The third-order valence-corrected chi connectivity index (χ3v) is 15.8. The lowest BCUT2D eigenvalue weighted by molar-refractivity contribution is -0.384. The predicted octanol–water partition coefficient (Wildman–Crippen LogP) is 8.46. The van der Waals surface area contributed by atoms with Crippen molar-refractivity contribution in [1.29, 1.82) is 0 Å². The van der Waals surface area contributed by atoms with Gasteiger partial charge in [-0.25, -0.2) is 21.4 Å². The van der Waals surface area contributed by atoms with E-state index in [0.29, 0.717) is 59.0 Å². The first kappa shape index (κ1) is 65.8. The van der Waals surface area contributed by atoms with Crippen molar-refractivity contribution in [3.8, 4) is 17.2 Å². The number of halogens is 3. The second-order valence-electron chi connectivity index (χ2n) is 21.4. The van der Waals surface area contributed by atoms with Crippen LogP contribution in [-0.4, -0.2) is 86.6 Å². The summed E-state index contributed by atoms with van der Waals surface area (Å²) in [6, 6.07) is 41.5. The summed E-state index contributed by atoms with van der Waals surface area (Å²) in [5.41, 5.74) is 5.58. The number of aromatic nitrogens is 2. The van der Waals surface area contributed by atoms with Crippen molar-refractivity contribution < 1.29 is 90.9 Å². The van der Waals surface area contributed by atoms with Crippen molar-refractivity contribution in [2.75, 3.05) is 20.8 Å². The molecule has 26 heteroatoms. The van der Waals surface area contributed by atoms with Crippen molar-refractivity contribution >= 4 is 41.3 Å². The fourth-order valence-electron chi connectivity index (χ4n) is 10.8. The Morgan fingerprint density at radius 2 is 1.11 bits per heavy atom. The Morgan fingerprint density at radius 3 is 1.63 bits per heavy atom. The molecule has 472 valence electrons. The van der Waals surface area contributed by atoms with Crippen LogP contribution in [0.1, 0.15) is 70.8 Å². The van der Waals surface area contributed by atoms with E-state index in [1.807, 2.05) is 47.0 Å². The molecule has 6 N–H and O–H groups in total. The standard InChI is InChI=1S/C25H27N3O5.C20H18F3NO5.C19H18N2O7/c1-2-32-24(30)25(13-22(25)23(29)27-31)12-18-8-10-21(11-9-18)33-16-20-14-26-17-28(20)15-19-6-4-3-5-7-19;1-28-18(26)19(10-16(19)17(25)24-27)13-5-3-7-15(9-13)29-11-12-4-2-6-14(8-12)20(21,22)23;1-27-18(23)19(10-16(19)17(22)20-24)13-5-3-7-15(9-13)28-11-12-4-2-6-14(8-12)21(25)26/h3-11,14,17,22,31H,2,12-13,15-16H2,1H3,(H,27,29);2-9,16,27H,10-11H2,1H3,(H,24,25);2-9,16,24H,10-11H2,1H3,(H,20,22)/t22-,25+;2*16-,19-/m100/s1. The van der Waals surface area contributed by atoms with Gasteiger partial charge in [-0.1, -0.05) is 91.0 Å². The van der Waals surface area contributed by atoms with Gasteiger partial charge in [-0.05, 0) is 115 Å². The number of hydrogen-bond donors (Lipinski definition) is 6. The molecule has 3 fully saturated rings. The maximum Gasteiger partial charge on any atom is 0.416 e. The van der Waals surface area contributed by atoms with E-state index in [1.54, 1.807) is 85.0 Å². The minimum absolute atomic E-state index is 0.0321. The van der Waals surface area contributed by atoms with E-state index >= 15 is 0 Å². The van der Waals surface area contributed by atoms with Gasteiger partial charge in [-0.15, -0.1) is 0 Å². The number of hydroxylamine groups is 3. The quantitative estimate of drug-likeness (QED) is 0.0115. The first-order valence-electron chi connectivity index (χ1n) is 28.0. The van der Waals surface area contributed by atoms with Crippen LogP contribution in [0, 0.1) is 33.3 Å². The van der Waals surface area contributed by atoms with Crippen molar-refractivity contribution in [1.82, 2.24) is 26.0 Å². The number of methoxy groups -OCH3 is 2. The molecule has 3 aliphatic rings. The smallest absolute Gasteiger partial charge is 0.416 e. The highest BCUT2D eigenvalue weighted by atomic mass is 19.4. The van der Waals surface area contributed by atoms with Crippen LogP contribution in [0.2, 0.25) is 0 Å². The van der Waals surface area contributed by atoms with E-state index in [0.717, 1.165) is 29.9 Å². The summed E-state index contributed by atoms with van der Waals surface area (Å²) < 4.78 is 72.6. The van der Waals surface area contributed by atoms with Crippen LogP contribution in [0.25, 0.3) is 0 Å². The molecule has 6 atom stereocenters. The minimum Gasteiger partial charge on any atom is -0.489 e. The molecule has 0 bridgehead atoms. The lowest BCUT2D eigenvalue weighted by Crippen LogP contribution is -2.31. The molecule has 3 amide bonds. The SMILES string of the molecule is CCOC(=O)[C@@]1(Cc2ccc(OCc3cncn3Cc3ccccc3)cc2)C[C@@H]1C(=O)NO.COC(=O)[C@]1(c2cccc(OCc3cccc(C(F)(F)F)c3)c2)C[C@H]1C(=O)NO.COC(=O)[C@]1(c2cccc(OCc3cccc([N+](=O)[O-])c3)c2)C[C@H]1C(=O)NO. The zero-order valence-electron chi connectivity index (χ0n) is 48.7. The van der Waals surface area contributed by atoms with Crippen LogP contribution >= 0.6 is 0 Å². The number of imidazole rings is 1. The number of nitro benzene ring substituents is 1. The van der Waals surface area contributed by atoms with Crippen LogP contribution in [0.15, 0.2) is 164 Å². The van der Waals surface area contributed by atoms with Gasteiger partial charge in [0.25, 0.3) is 5.69 Å². The molecule has 0 saturated heterocycles. The summed E-state index contributed by atoms with van der Waals surface area (Å²) >= 11 is 0. The minimum atomic E-state index is -4.45. The second-order valence-corrected chi connectivity index (χ2v) is 21.4. The van der Waals surface area contributed by atoms with Gasteiger partial charge in [-0.3, -0.25) is 54.5 Å². The Balaban J connectivity index is 0.000000175. The molecule has 6 aromatic carbocycles. The average Bonchev–Trinajstić information content (AvgIpc) is 1.60. The molecular weight excluding hydrogens is 1180 g/mol. The maximum atomic E-state index is 12.8. The zero-order chi connectivity index (χ0) is 64.8. The van der Waals surface area contributed by atoms with Gasteiger partial charge in [-0.2, -0.15) is 13.2 Å². The van der Waals surface area contributed by atoms with Gasteiger partial charge in [0, 0.05) is 18.7 Å². The van der Waals surface area contributed by atoms with Crippen molar-refractivity contribution in [3.05, 3.63) is 219 Å². The van der Waals surface area contributed by atoms with Crippen LogP contribution in [-0.2, 0) is 92.8 Å². The molecule has 23 nitrogen and oxygen atoms in total. The summed E-state index contributed by atoms with van der Waals surface area (Å²) in [5.74, 6) is -4.21. The highest BCUT2D eigenvalue weighted by Gasteiger charge is 2.67. The van der Waals surface area contributed by atoms with Gasteiger partial charge < -0.3 is 33.0 Å². The average molecular weight is 1250 g/mol. The molecule has 1 heterocycles. The third kappa shape index (κ3) is 15.2. The molecule has 7 aromatic rings. The predicted molar refractivity (Wildman–Crippen MR) is 309 cm³/mol. The molecule has 90 heavy (non-hydrogen) atoms. The number of benzene rings is 6. The number of esters is 3. The zero-order valence-corrected chi connectivity index (χ0v) is 48.7. The van der Waals surface area contributed by atoms with E-state index < -0.39 is 86.3 Å². The number of amides is 3. The van der Waals surface area contributed by atoms with Gasteiger partial charge in [0.1, 0.15) is 47.9 Å². The number of rotatable bonds is 23. The number of hydrogen-bond acceptors (Lipinski definition) is 18. The van der Waals surface area contributed by atoms with Crippen molar-refractivity contribution in [2.24, 2.45) is 23.2 Å². The Labute approximate surface area is 512 Å². The van der Waals surface area contributed by atoms with E-state index in [-0.39, 0.29) is 38.3 Å². The molecule has 10 rings (SSSR count). The number of nitro groups is 1. The van der Waals surface area contributed by atoms with Crippen molar-refractivity contribution in [3.63, 3.8) is 0 Å². The van der Waals surface area contributed by atoms with E-state index in [9.17, 15) is 52.1 Å². The number of ether oxygens (including phenoxy) is 6. The Hall–Kier alpha value is -10.2. The largest absolute Gasteiger partial charge is 0.489 e. The summed E-state index contributed by atoms with van der Waals surface area (Å²) in [6.45, 7) is 3.04. The van der Waals surface area contributed by atoms with Gasteiger partial charge in [0.15, 0.2) is 0 Å². The molecule has 0 unspecified atom stereocenters. The fourth-order valence-corrected chi connectivity index (χ4v) is 10.8. The monoisotopic (exact) mass is 1240 g/mol. The van der Waals surface area contributed by atoms with E-state index in [1.165, 1.54) is 55.6 Å². The molecule has 1 aromatic heterocycles. The van der Waals surface area contributed by atoms with Crippen LogP contribution in [0.3, 0.4) is 0 Å². The van der Waals surface area contributed by atoms with Gasteiger partial charge in [0.05, 0.1) is 72.7 Å². The summed E-state index contributed by atoms with van der Waals surface area (Å²) in [7, 11) is 2.43. The number of nitrogens with one attached hydrogen (secondary N) is 3. The number of nitrogens with zero attached hydrogens (tertiary/aromatic N) is 3. The van der Waals surface area contributed by atoms with Crippen LogP contribution < -0.4 is 30.7 Å². The summed E-state index contributed by atoms with van der Waals surface area (Å²) in [4.78, 5) is 87.3. The second kappa shape index (κ2) is 28.8. The van der Waals surface area contributed by atoms with E-state index in [4.69, 9.17) is 44.0 Å². The van der Waals surface area contributed by atoms with Crippen LogP contribution in [0.4, 0.5) is 18.9 Å². The summed E-state index contributed by atoms with van der Waals surface area (Å²) in [5, 5.41) is 37.6. The highest BCUT2D eigenvalue weighted by Crippen LogP contribution is 2.58. The Kier molecular flexibility index (Phi) is 21.0. The molecule has 0 aliphatic heterocycles. The number of carbonyl (C=O) groups is 6. The molecule has 3 aliphatic carbocycles. The fraction of sp³-hybridized carbons (Fsp3) is 0.297. The molecule has 0 spiro atoms. The van der Waals surface area contributed by atoms with Crippen LogP contribution in [0.5, 0.6) is 17.2 Å². The number of alkyl halides is 3. The topological polar surface area (TPSA) is 316 Å². The van der Waals surface area contributed by atoms with Gasteiger partial charge >= 0.3 is 24.1 Å². The lowest BCUT2D eigenvalue weighted by atomic mass is 9.92. The third-order valence-electron chi connectivity index (χ3n) is 15.8. The highest BCUT2D eigenvalue weighted by molar-refractivity contribution is 5.99. The maximum absolute atomic E-state index is 12.8. The normalized spacial score (nSPS) is 19.9. The first-order valence-corrected chi connectivity index (χ1v) is 28.0. The van der Waals surface area contributed by atoms with Gasteiger partial charge in [0.2, 0.25) is 17.7 Å². The molecular formula is C64H63F3N6O17. The Morgan fingerprint density at radius 1 is 0.600 bits per heavy atom. The number of non-ortho nitro benzene ring substituents is 1. The molecule has 0 radical (unpaired) electrons. The Bertz CT molecular complexity index is 3720.